The molecule has 0 fully saturated rings. The molecule has 0 aliphatic heterocycles. The van der Waals surface area contributed by atoms with Crippen LogP contribution in [-0.4, -0.2) is 6.54 Å². The van der Waals surface area contributed by atoms with Gasteiger partial charge in [0.05, 0.1) is 0 Å². The van der Waals surface area contributed by atoms with E-state index >= 15 is 0 Å². The van der Waals surface area contributed by atoms with Crippen molar-refractivity contribution in [1.82, 2.24) is 0 Å². The molecule has 0 bridgehead atoms. The maximum Gasteiger partial charge on any atom is 0.0340 e. The van der Waals surface area contributed by atoms with Crippen molar-refractivity contribution < 1.29 is 0 Å². The van der Waals surface area contributed by atoms with Crippen LogP contribution < -0.4 is 5.32 Å². The summed E-state index contributed by atoms with van der Waals surface area (Å²) in [7, 11) is 0. The minimum Gasteiger partial charge on any atom is -0.385 e. The number of hydrogen-bond acceptors (Lipinski definition) is 1. The summed E-state index contributed by atoms with van der Waals surface area (Å²) in [6, 6.07) is 10.9. The van der Waals surface area contributed by atoms with Crippen molar-refractivity contribution in [1.29, 1.82) is 0 Å². The van der Waals surface area contributed by atoms with Crippen LogP contribution in [0.4, 0.5) is 5.69 Å². The van der Waals surface area contributed by atoms with Gasteiger partial charge in [-0.3, -0.25) is 0 Å². The number of unbranched alkanes of at least 4 members (excludes halogenated alkanes) is 1. The molecule has 1 aromatic rings. The van der Waals surface area contributed by atoms with Crippen molar-refractivity contribution in [3.63, 3.8) is 0 Å². The third kappa shape index (κ3) is 3.08. The summed E-state index contributed by atoms with van der Waals surface area (Å²) < 4.78 is 0. The molecule has 1 heteroatoms. The molecule has 1 rings (SSSR count). The van der Waals surface area contributed by atoms with Gasteiger partial charge in [0.2, 0.25) is 0 Å². The van der Waals surface area contributed by atoms with Crippen molar-refractivity contribution in [2.45, 2.75) is 19.8 Å². The lowest BCUT2D eigenvalue weighted by Gasteiger charge is -2.03. The molecule has 1 aromatic carbocycles. The molecule has 0 saturated carbocycles. The Kier molecular flexibility index (Phi) is 3.53. The van der Waals surface area contributed by atoms with Gasteiger partial charge in [-0.25, -0.2) is 0 Å². The molecule has 1 N–H and O–H groups in total. The molecule has 11 heavy (non-hydrogen) atoms. The molecule has 1 radical (unpaired) electrons. The third-order valence-electron chi connectivity index (χ3n) is 1.58. The van der Waals surface area contributed by atoms with E-state index in [1.165, 1.54) is 18.5 Å². The van der Waals surface area contributed by atoms with E-state index in [9.17, 15) is 0 Å². The van der Waals surface area contributed by atoms with Crippen molar-refractivity contribution in [3.05, 3.63) is 30.3 Å². The Labute approximate surface area is 68.4 Å². The quantitative estimate of drug-likeness (QED) is 0.647. The van der Waals surface area contributed by atoms with Crippen LogP contribution in [0.2, 0.25) is 0 Å². The van der Waals surface area contributed by atoms with E-state index in [1.54, 1.807) is 0 Å². The monoisotopic (exact) mass is 148 g/mol. The van der Waals surface area contributed by atoms with Gasteiger partial charge >= 0.3 is 0 Å². The summed E-state index contributed by atoms with van der Waals surface area (Å²) in [5.41, 5.74) is 1.19. The van der Waals surface area contributed by atoms with Crippen molar-refractivity contribution in [2.24, 2.45) is 0 Å². The Balaban J connectivity index is 2.28. The molecule has 59 valence electrons. The fourth-order valence-electron chi connectivity index (χ4n) is 0.914. The Morgan fingerprint density at radius 2 is 2.09 bits per heavy atom. The summed E-state index contributed by atoms with van der Waals surface area (Å²) in [5, 5.41) is 3.33. The number of nitrogens with one attached hydrogen (secondary N) is 1. The molecule has 0 saturated heterocycles. The van der Waals surface area contributed by atoms with Crippen LogP contribution in [0.15, 0.2) is 24.3 Å². The van der Waals surface area contributed by atoms with E-state index in [0.29, 0.717) is 0 Å². The topological polar surface area (TPSA) is 12.0 Å². The third-order valence-corrected chi connectivity index (χ3v) is 1.58. The zero-order chi connectivity index (χ0) is 7.94. The van der Waals surface area contributed by atoms with E-state index < -0.39 is 0 Å². The number of hydrogen-bond donors (Lipinski definition) is 1. The fraction of sp³-hybridized carbons (Fsp3) is 0.400. The fourth-order valence-corrected chi connectivity index (χ4v) is 0.914. The summed E-state index contributed by atoms with van der Waals surface area (Å²) in [4.78, 5) is 0. The van der Waals surface area contributed by atoms with E-state index in [0.717, 1.165) is 6.54 Å². The molecule has 0 aliphatic rings. The lowest BCUT2D eigenvalue weighted by molar-refractivity contribution is 0.834. The summed E-state index contributed by atoms with van der Waals surface area (Å²) in [5.74, 6) is 0. The molecular formula is C10H14N. The zero-order valence-corrected chi connectivity index (χ0v) is 6.93. The second-order valence-corrected chi connectivity index (χ2v) is 2.57. The Morgan fingerprint density at radius 3 is 2.73 bits per heavy atom. The summed E-state index contributed by atoms with van der Waals surface area (Å²) in [6.45, 7) is 3.26. The highest BCUT2D eigenvalue weighted by Crippen LogP contribution is 2.04. The molecule has 0 aliphatic carbocycles. The highest BCUT2D eigenvalue weighted by atomic mass is 14.9. The highest BCUT2D eigenvalue weighted by molar-refractivity contribution is 5.41. The largest absolute Gasteiger partial charge is 0.385 e. The Morgan fingerprint density at radius 1 is 1.36 bits per heavy atom. The molecular weight excluding hydrogens is 134 g/mol. The number of anilines is 1. The van der Waals surface area contributed by atoms with Gasteiger partial charge in [-0.2, -0.15) is 0 Å². The first-order valence-electron chi connectivity index (χ1n) is 4.13. The molecule has 0 unspecified atom stereocenters. The predicted molar refractivity (Wildman–Crippen MR) is 48.7 cm³/mol. The summed E-state index contributed by atoms with van der Waals surface area (Å²) in [6.07, 6.45) is 2.48. The molecule has 1 nitrogen and oxygen atoms in total. The lowest BCUT2D eigenvalue weighted by Crippen LogP contribution is -1.99. The Bertz CT molecular complexity index is 181. The van der Waals surface area contributed by atoms with Gasteiger partial charge in [0.1, 0.15) is 0 Å². The summed E-state index contributed by atoms with van der Waals surface area (Å²) >= 11 is 0. The van der Waals surface area contributed by atoms with Crippen molar-refractivity contribution in [3.8, 4) is 0 Å². The van der Waals surface area contributed by atoms with Gasteiger partial charge in [0, 0.05) is 12.2 Å². The second kappa shape index (κ2) is 4.78. The average Bonchev–Trinajstić information content (AvgIpc) is 2.07. The van der Waals surface area contributed by atoms with Gasteiger partial charge in [0.15, 0.2) is 0 Å². The zero-order valence-electron chi connectivity index (χ0n) is 6.93. The first-order chi connectivity index (χ1) is 5.43. The van der Waals surface area contributed by atoms with Gasteiger partial charge in [-0.1, -0.05) is 25.5 Å². The van der Waals surface area contributed by atoms with Crippen LogP contribution >= 0.6 is 0 Å². The first-order valence-corrected chi connectivity index (χ1v) is 4.13. The Hall–Kier alpha value is -0.980. The minimum atomic E-state index is 1.07. The second-order valence-electron chi connectivity index (χ2n) is 2.57. The maximum absolute atomic E-state index is 3.33. The normalized spacial score (nSPS) is 9.55. The van der Waals surface area contributed by atoms with Crippen molar-refractivity contribution >= 4 is 5.69 Å². The smallest absolute Gasteiger partial charge is 0.0340 e. The van der Waals surface area contributed by atoms with Crippen LogP contribution in [0.5, 0.6) is 0 Å². The van der Waals surface area contributed by atoms with E-state index in [4.69, 9.17) is 0 Å². The SMILES string of the molecule is CCCCNc1cc[c]cc1. The number of rotatable bonds is 4. The van der Waals surface area contributed by atoms with Crippen molar-refractivity contribution in [2.75, 3.05) is 11.9 Å². The van der Waals surface area contributed by atoms with Crippen LogP contribution in [0, 0.1) is 6.07 Å². The first kappa shape index (κ1) is 8.12. The van der Waals surface area contributed by atoms with E-state index in [2.05, 4.69) is 18.3 Å². The molecule has 0 spiro atoms. The minimum absolute atomic E-state index is 1.07. The van der Waals surface area contributed by atoms with E-state index in [-0.39, 0.29) is 0 Å². The average molecular weight is 148 g/mol. The molecule has 0 aromatic heterocycles. The number of benzene rings is 1. The highest BCUT2D eigenvalue weighted by Gasteiger charge is 1.86. The molecule has 0 atom stereocenters. The maximum atomic E-state index is 3.33. The predicted octanol–water partition coefficient (Wildman–Crippen LogP) is 2.70. The van der Waals surface area contributed by atoms with E-state index in [1.807, 2.05) is 24.3 Å². The van der Waals surface area contributed by atoms with Crippen LogP contribution in [0.1, 0.15) is 19.8 Å². The van der Waals surface area contributed by atoms with Crippen LogP contribution in [0.25, 0.3) is 0 Å². The van der Waals surface area contributed by atoms with Crippen LogP contribution in [0.3, 0.4) is 0 Å². The van der Waals surface area contributed by atoms with Gasteiger partial charge in [0.25, 0.3) is 0 Å². The molecule has 0 amide bonds. The van der Waals surface area contributed by atoms with Crippen LogP contribution in [-0.2, 0) is 0 Å². The van der Waals surface area contributed by atoms with Gasteiger partial charge in [-0.15, -0.1) is 0 Å². The molecule has 0 heterocycles. The van der Waals surface area contributed by atoms with Gasteiger partial charge in [-0.05, 0) is 24.6 Å². The lowest BCUT2D eigenvalue weighted by atomic mass is 10.3. The standard InChI is InChI=1S/C10H14N/c1-2-3-9-11-10-7-5-4-6-8-10/h5-8,11H,2-3,9H2,1H3. The van der Waals surface area contributed by atoms with Gasteiger partial charge < -0.3 is 5.32 Å².